The zero-order valence-corrected chi connectivity index (χ0v) is 13.3. The molecule has 4 N–H and O–H groups in total. The number of nitrogens with two attached hydrogens (primary N) is 1. The molecule has 4 nitrogen and oxygen atoms in total. The van der Waals surface area contributed by atoms with Crippen LogP contribution in [0.5, 0.6) is 0 Å². The monoisotopic (exact) mass is 324 g/mol. The van der Waals surface area contributed by atoms with E-state index in [0.29, 0.717) is 16.4 Å². The summed E-state index contributed by atoms with van der Waals surface area (Å²) in [5.41, 5.74) is 6.50. The number of halogens is 1. The van der Waals surface area contributed by atoms with Crippen LogP contribution >= 0.6 is 22.9 Å². The quantitative estimate of drug-likeness (QED) is 0.708. The highest BCUT2D eigenvalue weighted by Crippen LogP contribution is 2.36. The molecule has 2 aromatic rings. The second-order valence-corrected chi connectivity index (χ2v) is 6.50. The molecule has 2 rings (SSSR count). The Morgan fingerprint density at radius 1 is 1.43 bits per heavy atom. The van der Waals surface area contributed by atoms with Crippen molar-refractivity contribution >= 4 is 40.3 Å². The minimum absolute atomic E-state index is 0.00998. The molecule has 0 fully saturated rings. The number of nitrogens with one attached hydrogen (secondary N) is 1. The van der Waals surface area contributed by atoms with Gasteiger partial charge in [0.2, 0.25) is 0 Å². The van der Waals surface area contributed by atoms with Gasteiger partial charge >= 0.3 is 5.97 Å². The number of hydrogen-bond donors (Lipinski definition) is 3. The molecule has 1 unspecified atom stereocenters. The summed E-state index contributed by atoms with van der Waals surface area (Å²) < 4.78 is 0. The first-order chi connectivity index (χ1) is 9.90. The highest BCUT2D eigenvalue weighted by molar-refractivity contribution is 7.10. The van der Waals surface area contributed by atoms with Gasteiger partial charge in [0.1, 0.15) is 0 Å². The predicted octanol–water partition coefficient (Wildman–Crippen LogP) is 4.49. The highest BCUT2D eigenvalue weighted by atomic mass is 35.5. The molecule has 0 saturated heterocycles. The molecule has 0 spiro atoms. The topological polar surface area (TPSA) is 75.3 Å². The molecule has 112 valence electrons. The number of anilines is 2. The molecule has 0 bridgehead atoms. The average molecular weight is 325 g/mol. The molecule has 0 saturated carbocycles. The van der Waals surface area contributed by atoms with Gasteiger partial charge < -0.3 is 16.2 Å². The molecular weight excluding hydrogens is 308 g/mol. The smallest absolute Gasteiger partial charge is 0.337 e. The molecule has 1 atom stereocenters. The van der Waals surface area contributed by atoms with Gasteiger partial charge in [0.05, 0.1) is 22.3 Å². The van der Waals surface area contributed by atoms with Crippen LogP contribution in [0.4, 0.5) is 11.4 Å². The molecule has 0 amide bonds. The lowest BCUT2D eigenvalue weighted by Gasteiger charge is -2.24. The lowest BCUT2D eigenvalue weighted by molar-refractivity contribution is 0.0698. The van der Waals surface area contributed by atoms with Crippen LogP contribution in [0, 0.1) is 5.92 Å². The van der Waals surface area contributed by atoms with Crippen LogP contribution in [0.25, 0.3) is 0 Å². The van der Waals surface area contributed by atoms with Crippen molar-refractivity contribution in [3.63, 3.8) is 0 Å². The van der Waals surface area contributed by atoms with Gasteiger partial charge in [-0.15, -0.1) is 11.3 Å². The third-order valence-electron chi connectivity index (χ3n) is 3.16. The summed E-state index contributed by atoms with van der Waals surface area (Å²) in [6, 6.07) is 6.96. The second-order valence-electron chi connectivity index (χ2n) is 5.11. The maximum absolute atomic E-state index is 11.4. The SMILES string of the molecule is CC(C)C(Nc1c(Cl)cc(N)cc1C(=O)O)c1cccs1. The van der Waals surface area contributed by atoms with E-state index in [1.165, 1.54) is 6.07 Å². The van der Waals surface area contributed by atoms with Gasteiger partial charge in [-0.1, -0.05) is 31.5 Å². The number of rotatable bonds is 5. The number of carboxylic acid groups (broad SMARTS) is 1. The minimum atomic E-state index is -1.06. The van der Waals surface area contributed by atoms with Crippen molar-refractivity contribution in [1.29, 1.82) is 0 Å². The summed E-state index contributed by atoms with van der Waals surface area (Å²) in [6.07, 6.45) is 0. The number of aromatic carboxylic acids is 1. The Kier molecular flexibility index (Phi) is 4.75. The number of nitrogen functional groups attached to an aromatic ring is 1. The minimum Gasteiger partial charge on any atom is -0.478 e. The van der Waals surface area contributed by atoms with Gasteiger partial charge in [-0.05, 0) is 29.5 Å². The number of carboxylic acids is 1. The van der Waals surface area contributed by atoms with E-state index in [4.69, 9.17) is 17.3 Å². The van der Waals surface area contributed by atoms with Gasteiger partial charge in [0.15, 0.2) is 0 Å². The van der Waals surface area contributed by atoms with Crippen molar-refractivity contribution in [3.8, 4) is 0 Å². The summed E-state index contributed by atoms with van der Waals surface area (Å²) in [5, 5.41) is 14.9. The fraction of sp³-hybridized carbons (Fsp3) is 0.267. The second kappa shape index (κ2) is 6.37. The first-order valence-electron chi connectivity index (χ1n) is 6.52. The number of benzene rings is 1. The number of carbonyl (C=O) groups is 1. The Morgan fingerprint density at radius 3 is 2.67 bits per heavy atom. The summed E-state index contributed by atoms with van der Waals surface area (Å²) in [7, 11) is 0. The van der Waals surface area contributed by atoms with Gasteiger partial charge in [-0.25, -0.2) is 4.79 Å². The van der Waals surface area contributed by atoms with Crippen molar-refractivity contribution in [3.05, 3.63) is 45.1 Å². The number of hydrogen-bond acceptors (Lipinski definition) is 4. The summed E-state index contributed by atoms with van der Waals surface area (Å²) in [5.74, 6) is -0.778. The third kappa shape index (κ3) is 3.49. The normalized spacial score (nSPS) is 12.4. The maximum atomic E-state index is 11.4. The zero-order valence-electron chi connectivity index (χ0n) is 11.8. The van der Waals surface area contributed by atoms with Crippen LogP contribution in [0.2, 0.25) is 5.02 Å². The van der Waals surface area contributed by atoms with Crippen molar-refractivity contribution in [1.82, 2.24) is 0 Å². The van der Waals surface area contributed by atoms with E-state index in [-0.39, 0.29) is 17.5 Å². The molecule has 0 aliphatic heterocycles. The van der Waals surface area contributed by atoms with E-state index in [1.54, 1.807) is 17.4 Å². The number of thiophene rings is 1. The fourth-order valence-corrected chi connectivity index (χ4v) is 3.36. The van der Waals surface area contributed by atoms with Gasteiger partial charge in [0.25, 0.3) is 0 Å². The Bertz CT molecular complexity index is 641. The van der Waals surface area contributed by atoms with Crippen molar-refractivity contribution in [2.45, 2.75) is 19.9 Å². The van der Waals surface area contributed by atoms with Gasteiger partial charge in [-0.2, -0.15) is 0 Å². The molecule has 1 heterocycles. The molecule has 0 radical (unpaired) electrons. The van der Waals surface area contributed by atoms with E-state index in [2.05, 4.69) is 19.2 Å². The first kappa shape index (κ1) is 15.7. The Morgan fingerprint density at radius 2 is 2.14 bits per heavy atom. The fourth-order valence-electron chi connectivity index (χ4n) is 2.13. The lowest BCUT2D eigenvalue weighted by atomic mass is 10.0. The molecule has 0 aliphatic carbocycles. The van der Waals surface area contributed by atoms with Crippen molar-refractivity contribution < 1.29 is 9.90 Å². The van der Waals surface area contributed by atoms with Crippen LogP contribution in [0.15, 0.2) is 29.6 Å². The molecule has 0 aliphatic rings. The molecule has 1 aromatic carbocycles. The summed E-state index contributed by atoms with van der Waals surface area (Å²) >= 11 is 7.81. The Hall–Kier alpha value is -1.72. The lowest BCUT2D eigenvalue weighted by Crippen LogP contribution is -2.18. The van der Waals surface area contributed by atoms with Crippen LogP contribution in [0.1, 0.15) is 35.1 Å². The van der Waals surface area contributed by atoms with E-state index in [0.717, 1.165) is 4.88 Å². The van der Waals surface area contributed by atoms with Crippen LogP contribution in [0.3, 0.4) is 0 Å². The first-order valence-corrected chi connectivity index (χ1v) is 7.78. The average Bonchev–Trinajstić information content (AvgIpc) is 2.89. The van der Waals surface area contributed by atoms with Crippen LogP contribution in [-0.2, 0) is 0 Å². The van der Waals surface area contributed by atoms with E-state index in [9.17, 15) is 9.90 Å². The summed E-state index contributed by atoms with van der Waals surface area (Å²) in [6.45, 7) is 4.14. The van der Waals surface area contributed by atoms with Gasteiger partial charge in [-0.3, -0.25) is 0 Å². The third-order valence-corrected chi connectivity index (χ3v) is 4.41. The zero-order chi connectivity index (χ0) is 15.6. The predicted molar refractivity (Wildman–Crippen MR) is 88.3 cm³/mol. The van der Waals surface area contributed by atoms with Crippen molar-refractivity contribution in [2.75, 3.05) is 11.1 Å². The molecular formula is C15H17ClN2O2S. The van der Waals surface area contributed by atoms with E-state index < -0.39 is 5.97 Å². The standard InChI is InChI=1S/C15H17ClN2O2S/c1-8(2)13(12-4-3-5-21-12)18-14-10(15(19)20)6-9(17)7-11(14)16/h3-8,13,18H,17H2,1-2H3,(H,19,20). The van der Waals surface area contributed by atoms with Crippen LogP contribution in [-0.4, -0.2) is 11.1 Å². The molecule has 21 heavy (non-hydrogen) atoms. The van der Waals surface area contributed by atoms with Crippen molar-refractivity contribution in [2.24, 2.45) is 5.92 Å². The van der Waals surface area contributed by atoms with Crippen LogP contribution < -0.4 is 11.1 Å². The summed E-state index contributed by atoms with van der Waals surface area (Å²) in [4.78, 5) is 12.5. The Balaban J connectivity index is 2.44. The Labute approximate surface area is 132 Å². The van der Waals surface area contributed by atoms with E-state index >= 15 is 0 Å². The largest absolute Gasteiger partial charge is 0.478 e. The molecule has 6 heteroatoms. The van der Waals surface area contributed by atoms with Gasteiger partial charge in [0, 0.05) is 10.6 Å². The highest BCUT2D eigenvalue weighted by Gasteiger charge is 2.22. The maximum Gasteiger partial charge on any atom is 0.337 e. The van der Waals surface area contributed by atoms with E-state index in [1.807, 2.05) is 17.5 Å². The molecule has 1 aromatic heterocycles.